The first-order valence-corrected chi connectivity index (χ1v) is 7.19. The number of halogens is 1. The molecule has 0 bridgehead atoms. The molecule has 4 nitrogen and oxygen atoms in total. The fraction of sp³-hybridized carbons (Fsp3) is 0.500. The van der Waals surface area contributed by atoms with Crippen molar-refractivity contribution in [2.45, 2.75) is 13.0 Å². The summed E-state index contributed by atoms with van der Waals surface area (Å²) < 4.78 is 0.840. The van der Waals surface area contributed by atoms with Crippen molar-refractivity contribution < 1.29 is 4.79 Å². The first-order chi connectivity index (χ1) is 8.88. The molecule has 0 saturated carbocycles. The van der Waals surface area contributed by atoms with Gasteiger partial charge in [0.25, 0.3) is 5.91 Å². The minimum absolute atomic E-state index is 0.0594. The third-order valence-corrected chi connectivity index (χ3v) is 4.15. The minimum Gasteiger partial charge on any atom is -0.399 e. The van der Waals surface area contributed by atoms with Crippen LogP contribution in [0.3, 0.4) is 0 Å². The number of rotatable bonds is 2. The number of benzene rings is 1. The molecule has 1 aromatic carbocycles. The predicted octanol–water partition coefficient (Wildman–Crippen LogP) is 2.05. The van der Waals surface area contributed by atoms with Gasteiger partial charge in [-0.2, -0.15) is 0 Å². The quantitative estimate of drug-likeness (QED) is 0.847. The molecule has 2 N–H and O–H groups in total. The standard InChI is InChI=1S/C14H20BrN3O/c1-9-7-18(8-13(9)17(2)3)14(19)10-4-11(15)6-12(16)5-10/h4-6,9,13H,7-8,16H2,1-3H3. The van der Waals surface area contributed by atoms with Gasteiger partial charge < -0.3 is 15.5 Å². The molecule has 1 heterocycles. The number of hydrogen-bond donors (Lipinski definition) is 1. The molecule has 1 aromatic rings. The zero-order chi connectivity index (χ0) is 14.2. The van der Waals surface area contributed by atoms with E-state index in [4.69, 9.17) is 5.73 Å². The van der Waals surface area contributed by atoms with E-state index >= 15 is 0 Å². The Labute approximate surface area is 122 Å². The second kappa shape index (κ2) is 5.51. The number of hydrogen-bond acceptors (Lipinski definition) is 3. The second-order valence-electron chi connectivity index (χ2n) is 5.49. The normalized spacial score (nSPS) is 23.1. The number of nitrogen functional groups attached to an aromatic ring is 1. The van der Waals surface area contributed by atoms with Crippen LogP contribution in [-0.4, -0.2) is 48.9 Å². The average Bonchev–Trinajstić information content (AvgIpc) is 2.69. The Morgan fingerprint density at radius 2 is 2.05 bits per heavy atom. The predicted molar refractivity (Wildman–Crippen MR) is 81.1 cm³/mol. The molecule has 0 radical (unpaired) electrons. The molecule has 104 valence electrons. The Kier molecular flexibility index (Phi) is 4.16. The number of likely N-dealkylation sites (tertiary alicyclic amines) is 1. The van der Waals surface area contributed by atoms with Gasteiger partial charge in [-0.15, -0.1) is 0 Å². The van der Waals surface area contributed by atoms with Crippen molar-refractivity contribution in [2.24, 2.45) is 5.92 Å². The molecule has 0 spiro atoms. The summed E-state index contributed by atoms with van der Waals surface area (Å²) in [5, 5.41) is 0. The van der Waals surface area contributed by atoms with E-state index in [1.807, 2.05) is 11.0 Å². The maximum Gasteiger partial charge on any atom is 0.254 e. The van der Waals surface area contributed by atoms with E-state index in [0.29, 0.717) is 23.2 Å². The highest BCUT2D eigenvalue weighted by Gasteiger charge is 2.33. The maximum absolute atomic E-state index is 12.5. The molecule has 2 rings (SSSR count). The van der Waals surface area contributed by atoms with Crippen LogP contribution in [0.2, 0.25) is 0 Å². The number of nitrogens with two attached hydrogens (primary N) is 1. The topological polar surface area (TPSA) is 49.6 Å². The zero-order valence-corrected chi connectivity index (χ0v) is 13.1. The van der Waals surface area contributed by atoms with E-state index in [0.717, 1.165) is 17.6 Å². The van der Waals surface area contributed by atoms with E-state index in [-0.39, 0.29) is 5.91 Å². The van der Waals surface area contributed by atoms with Crippen molar-refractivity contribution in [3.63, 3.8) is 0 Å². The van der Waals surface area contributed by atoms with Crippen molar-refractivity contribution in [1.82, 2.24) is 9.80 Å². The van der Waals surface area contributed by atoms with Crippen molar-refractivity contribution in [3.8, 4) is 0 Å². The highest BCUT2D eigenvalue weighted by atomic mass is 79.9. The van der Waals surface area contributed by atoms with Gasteiger partial charge in [0.15, 0.2) is 0 Å². The van der Waals surface area contributed by atoms with Crippen LogP contribution in [-0.2, 0) is 0 Å². The number of anilines is 1. The Morgan fingerprint density at radius 3 is 2.58 bits per heavy atom. The molecule has 19 heavy (non-hydrogen) atoms. The van der Waals surface area contributed by atoms with E-state index in [1.165, 1.54) is 0 Å². The Bertz CT molecular complexity index is 469. The van der Waals surface area contributed by atoms with Gasteiger partial charge in [-0.05, 0) is 38.2 Å². The molecule has 5 heteroatoms. The van der Waals surface area contributed by atoms with Crippen molar-refractivity contribution in [2.75, 3.05) is 32.9 Å². The summed E-state index contributed by atoms with van der Waals surface area (Å²) in [5.41, 5.74) is 7.05. The van der Waals surface area contributed by atoms with Crippen LogP contribution in [0.1, 0.15) is 17.3 Å². The summed E-state index contributed by atoms with van der Waals surface area (Å²) >= 11 is 3.38. The molecule has 1 amide bonds. The van der Waals surface area contributed by atoms with Crippen molar-refractivity contribution in [1.29, 1.82) is 0 Å². The van der Waals surface area contributed by atoms with E-state index < -0.39 is 0 Å². The molecule has 2 atom stereocenters. The van der Waals surface area contributed by atoms with Crippen LogP contribution in [0.5, 0.6) is 0 Å². The monoisotopic (exact) mass is 325 g/mol. The SMILES string of the molecule is CC1CN(C(=O)c2cc(N)cc(Br)c2)CC1N(C)C. The molecular weight excluding hydrogens is 306 g/mol. The first kappa shape index (κ1) is 14.3. The fourth-order valence-corrected chi connectivity index (χ4v) is 3.22. The van der Waals surface area contributed by atoms with Gasteiger partial charge in [0.05, 0.1) is 0 Å². The molecule has 0 aromatic heterocycles. The molecule has 2 unspecified atom stereocenters. The van der Waals surface area contributed by atoms with E-state index in [1.54, 1.807) is 12.1 Å². The summed E-state index contributed by atoms with van der Waals surface area (Å²) in [6.45, 7) is 3.76. The number of nitrogens with zero attached hydrogens (tertiary/aromatic N) is 2. The number of carbonyl (C=O) groups is 1. The highest BCUT2D eigenvalue weighted by molar-refractivity contribution is 9.10. The van der Waals surface area contributed by atoms with Crippen LogP contribution in [0, 0.1) is 5.92 Å². The maximum atomic E-state index is 12.5. The van der Waals surface area contributed by atoms with Crippen LogP contribution in [0.15, 0.2) is 22.7 Å². The van der Waals surface area contributed by atoms with E-state index in [9.17, 15) is 4.79 Å². The third kappa shape index (κ3) is 3.09. The van der Waals surface area contributed by atoms with Gasteiger partial charge in [-0.25, -0.2) is 0 Å². The Morgan fingerprint density at radius 1 is 1.37 bits per heavy atom. The lowest BCUT2D eigenvalue weighted by Crippen LogP contribution is -2.35. The van der Waals surface area contributed by atoms with Crippen LogP contribution < -0.4 is 5.73 Å². The highest BCUT2D eigenvalue weighted by Crippen LogP contribution is 2.24. The fourth-order valence-electron chi connectivity index (χ4n) is 2.71. The van der Waals surface area contributed by atoms with E-state index in [2.05, 4.69) is 41.8 Å². The Balaban J connectivity index is 2.17. The largest absolute Gasteiger partial charge is 0.399 e. The minimum atomic E-state index is 0.0594. The van der Waals surface area contributed by atoms with Crippen LogP contribution in [0.4, 0.5) is 5.69 Å². The number of likely N-dealkylation sites (N-methyl/N-ethyl adjacent to an activating group) is 1. The van der Waals surface area contributed by atoms with Gasteiger partial charge >= 0.3 is 0 Å². The smallest absolute Gasteiger partial charge is 0.254 e. The molecule has 0 aliphatic carbocycles. The zero-order valence-electron chi connectivity index (χ0n) is 11.6. The van der Waals surface area contributed by atoms with Crippen molar-refractivity contribution in [3.05, 3.63) is 28.2 Å². The van der Waals surface area contributed by atoms with Gasteiger partial charge in [-0.3, -0.25) is 4.79 Å². The first-order valence-electron chi connectivity index (χ1n) is 6.40. The lowest BCUT2D eigenvalue weighted by molar-refractivity contribution is 0.0781. The summed E-state index contributed by atoms with van der Waals surface area (Å²) in [4.78, 5) is 16.6. The summed E-state index contributed by atoms with van der Waals surface area (Å²) in [7, 11) is 4.12. The van der Waals surface area contributed by atoms with Crippen LogP contribution >= 0.6 is 15.9 Å². The number of amides is 1. The van der Waals surface area contributed by atoms with Gasteiger partial charge in [0.1, 0.15) is 0 Å². The van der Waals surface area contributed by atoms with Crippen molar-refractivity contribution >= 4 is 27.5 Å². The van der Waals surface area contributed by atoms with Gasteiger partial charge in [0.2, 0.25) is 0 Å². The third-order valence-electron chi connectivity index (χ3n) is 3.69. The molecular formula is C14H20BrN3O. The summed E-state index contributed by atoms with van der Waals surface area (Å²) in [6, 6.07) is 5.78. The number of carbonyl (C=O) groups excluding carboxylic acids is 1. The molecule has 1 aliphatic heterocycles. The lowest BCUT2D eigenvalue weighted by Gasteiger charge is -2.22. The second-order valence-corrected chi connectivity index (χ2v) is 6.41. The average molecular weight is 326 g/mol. The summed E-state index contributed by atoms with van der Waals surface area (Å²) in [6.07, 6.45) is 0. The molecule has 1 fully saturated rings. The lowest BCUT2D eigenvalue weighted by atomic mass is 10.1. The molecule has 1 aliphatic rings. The summed E-state index contributed by atoms with van der Waals surface area (Å²) in [5.74, 6) is 0.549. The van der Waals surface area contributed by atoms with Gasteiger partial charge in [0, 0.05) is 34.9 Å². The van der Waals surface area contributed by atoms with Crippen LogP contribution in [0.25, 0.3) is 0 Å². The van der Waals surface area contributed by atoms with Gasteiger partial charge in [-0.1, -0.05) is 22.9 Å². The Hall–Kier alpha value is -1.07. The molecule has 1 saturated heterocycles.